The van der Waals surface area contributed by atoms with E-state index < -0.39 is 45.5 Å². The molecule has 0 unspecified atom stereocenters. The SMILES string of the molecule is COCCOc1ccc(CN(C(=O)O)S(=O)(=O)N2CCOCC2)c(Oc2ncc(C(F)(F)F)cc2Cl)c1. The van der Waals surface area contributed by atoms with Gasteiger partial charge in [0.1, 0.15) is 23.1 Å². The molecule has 1 amide bonds. The summed E-state index contributed by atoms with van der Waals surface area (Å²) in [6, 6.07) is 4.73. The quantitative estimate of drug-likeness (QED) is 0.427. The lowest BCUT2D eigenvalue weighted by molar-refractivity contribution is -0.137. The van der Waals surface area contributed by atoms with Crippen molar-refractivity contribution in [1.82, 2.24) is 13.6 Å². The van der Waals surface area contributed by atoms with Crippen LogP contribution in [0.25, 0.3) is 0 Å². The van der Waals surface area contributed by atoms with Crippen LogP contribution < -0.4 is 9.47 Å². The molecule has 0 spiro atoms. The average Bonchev–Trinajstić information content (AvgIpc) is 2.84. The van der Waals surface area contributed by atoms with Crippen molar-refractivity contribution < 1.29 is 50.4 Å². The van der Waals surface area contributed by atoms with Crippen LogP contribution in [0.4, 0.5) is 18.0 Å². The lowest BCUT2D eigenvalue weighted by Gasteiger charge is -2.30. The van der Waals surface area contributed by atoms with E-state index in [0.717, 1.165) is 4.31 Å². The van der Waals surface area contributed by atoms with Gasteiger partial charge in [0.25, 0.3) is 0 Å². The summed E-state index contributed by atoms with van der Waals surface area (Å²) in [5.41, 5.74) is -1.05. The summed E-state index contributed by atoms with van der Waals surface area (Å²) >= 11 is 5.96. The number of methoxy groups -OCH3 is 1. The zero-order valence-corrected chi connectivity index (χ0v) is 21.0. The number of carbonyl (C=O) groups is 1. The number of benzene rings is 1. The number of pyridine rings is 1. The van der Waals surface area contributed by atoms with E-state index in [1.54, 1.807) is 0 Å². The van der Waals surface area contributed by atoms with E-state index >= 15 is 0 Å². The number of nitrogens with zero attached hydrogens (tertiary/aromatic N) is 3. The second-order valence-corrected chi connectivity index (χ2v) is 9.79. The number of aromatic nitrogens is 1. The molecule has 0 aliphatic carbocycles. The molecule has 37 heavy (non-hydrogen) atoms. The Hall–Kier alpha value is -2.85. The van der Waals surface area contributed by atoms with Crippen molar-refractivity contribution in [3.05, 3.63) is 46.6 Å². The van der Waals surface area contributed by atoms with E-state index in [-0.39, 0.29) is 60.9 Å². The van der Waals surface area contributed by atoms with Crippen LogP contribution in [0, 0.1) is 0 Å². The number of amides is 1. The van der Waals surface area contributed by atoms with Crippen molar-refractivity contribution in [2.45, 2.75) is 12.7 Å². The molecular weight excluding hydrogens is 547 g/mol. The highest BCUT2D eigenvalue weighted by Gasteiger charge is 2.35. The zero-order chi connectivity index (χ0) is 27.2. The van der Waals surface area contributed by atoms with Gasteiger partial charge in [-0.3, -0.25) is 0 Å². The van der Waals surface area contributed by atoms with E-state index in [2.05, 4.69) is 4.98 Å². The van der Waals surface area contributed by atoms with Crippen LogP contribution in [-0.2, 0) is 32.4 Å². The van der Waals surface area contributed by atoms with Gasteiger partial charge in [-0.15, -0.1) is 0 Å². The number of halogens is 4. The highest BCUT2D eigenvalue weighted by Crippen LogP contribution is 2.37. The molecule has 0 bridgehead atoms. The summed E-state index contributed by atoms with van der Waals surface area (Å²) in [6.07, 6.45) is -5.92. The van der Waals surface area contributed by atoms with E-state index in [1.807, 2.05) is 0 Å². The maximum Gasteiger partial charge on any atom is 0.422 e. The molecule has 2 aromatic rings. The number of alkyl halides is 3. The molecule has 204 valence electrons. The first-order valence-electron chi connectivity index (χ1n) is 10.7. The topological polar surface area (TPSA) is 128 Å². The fraction of sp³-hybridized carbons (Fsp3) is 0.429. The van der Waals surface area contributed by atoms with E-state index in [1.165, 1.54) is 25.3 Å². The third kappa shape index (κ3) is 7.35. The van der Waals surface area contributed by atoms with Gasteiger partial charge in [-0.1, -0.05) is 11.6 Å². The largest absolute Gasteiger partial charge is 0.491 e. The average molecular weight is 570 g/mol. The van der Waals surface area contributed by atoms with Crippen LogP contribution in [0.15, 0.2) is 30.5 Å². The molecule has 1 aromatic heterocycles. The Bertz CT molecular complexity index is 1210. The van der Waals surface area contributed by atoms with Gasteiger partial charge >= 0.3 is 22.5 Å². The van der Waals surface area contributed by atoms with Gasteiger partial charge in [0, 0.05) is 38.0 Å². The van der Waals surface area contributed by atoms with Gasteiger partial charge in [-0.25, -0.2) is 9.78 Å². The Labute approximate surface area is 215 Å². The van der Waals surface area contributed by atoms with Crippen LogP contribution in [0.5, 0.6) is 17.4 Å². The Balaban J connectivity index is 1.96. The molecule has 0 saturated carbocycles. The first kappa shape index (κ1) is 28.7. The molecule has 1 aliphatic heterocycles. The van der Waals surface area contributed by atoms with Crippen molar-refractivity contribution >= 4 is 27.9 Å². The number of hydrogen-bond donors (Lipinski definition) is 1. The Morgan fingerprint density at radius 1 is 1.24 bits per heavy atom. The van der Waals surface area contributed by atoms with Crippen LogP contribution in [0.3, 0.4) is 0 Å². The van der Waals surface area contributed by atoms with Crippen molar-refractivity contribution in [2.24, 2.45) is 0 Å². The third-order valence-corrected chi connectivity index (χ3v) is 7.17. The van der Waals surface area contributed by atoms with Gasteiger partial charge in [0.05, 0.1) is 31.9 Å². The van der Waals surface area contributed by atoms with Gasteiger partial charge in [0.15, 0.2) is 0 Å². The summed E-state index contributed by atoms with van der Waals surface area (Å²) < 4.78 is 87.4. The molecule has 1 fully saturated rings. The van der Waals surface area contributed by atoms with Gasteiger partial charge in [0.2, 0.25) is 5.88 Å². The summed E-state index contributed by atoms with van der Waals surface area (Å²) in [7, 11) is -2.98. The summed E-state index contributed by atoms with van der Waals surface area (Å²) in [5.74, 6) is -0.313. The molecular formula is C21H23ClF3N3O8S. The summed E-state index contributed by atoms with van der Waals surface area (Å²) in [5, 5.41) is 9.23. The number of rotatable bonds is 10. The number of morpholine rings is 1. The highest BCUT2D eigenvalue weighted by atomic mass is 35.5. The Morgan fingerprint density at radius 2 is 1.95 bits per heavy atom. The minimum atomic E-state index is -4.69. The van der Waals surface area contributed by atoms with Crippen LogP contribution >= 0.6 is 11.6 Å². The predicted octanol–water partition coefficient (Wildman–Crippen LogP) is 3.63. The summed E-state index contributed by atoms with van der Waals surface area (Å²) in [4.78, 5) is 15.6. The smallest absolute Gasteiger partial charge is 0.422 e. The lowest BCUT2D eigenvalue weighted by Crippen LogP contribution is -2.49. The van der Waals surface area contributed by atoms with Crippen LogP contribution in [0.1, 0.15) is 11.1 Å². The van der Waals surface area contributed by atoms with Crippen molar-refractivity contribution in [3.63, 3.8) is 0 Å². The fourth-order valence-corrected chi connectivity index (χ4v) is 4.77. The standard InChI is InChI=1S/C21H23ClF3N3O8S/c1-33-8-9-35-16-3-2-14(13-28(20(29)30)37(31,32)27-4-6-34-7-5-27)18(11-16)36-19-17(22)10-15(12-26-19)21(23,24)25/h2-3,10-12H,4-9,13H2,1H3,(H,29,30). The first-order chi connectivity index (χ1) is 17.4. The monoisotopic (exact) mass is 569 g/mol. The van der Waals surface area contributed by atoms with Gasteiger partial charge in [-0.05, 0) is 18.2 Å². The van der Waals surface area contributed by atoms with Crippen LogP contribution in [-0.4, -0.2) is 79.8 Å². The number of ether oxygens (including phenoxy) is 4. The summed E-state index contributed by atoms with van der Waals surface area (Å²) in [6.45, 7) is -0.157. The molecule has 1 aliphatic rings. The van der Waals surface area contributed by atoms with E-state index in [4.69, 9.17) is 30.5 Å². The number of carboxylic acid groups (broad SMARTS) is 1. The molecule has 0 radical (unpaired) electrons. The molecule has 11 nitrogen and oxygen atoms in total. The Morgan fingerprint density at radius 3 is 2.54 bits per heavy atom. The lowest BCUT2D eigenvalue weighted by atomic mass is 10.2. The minimum Gasteiger partial charge on any atom is -0.491 e. The number of hydrogen-bond acceptors (Lipinski definition) is 8. The fourth-order valence-electron chi connectivity index (χ4n) is 3.17. The second kappa shape index (κ2) is 12.1. The van der Waals surface area contributed by atoms with Gasteiger partial charge < -0.3 is 24.1 Å². The molecule has 1 aromatic carbocycles. The molecule has 3 rings (SSSR count). The minimum absolute atomic E-state index is 0.0349. The Kier molecular flexibility index (Phi) is 9.41. The zero-order valence-electron chi connectivity index (χ0n) is 19.4. The predicted molar refractivity (Wildman–Crippen MR) is 123 cm³/mol. The maximum atomic E-state index is 13.0. The third-order valence-electron chi connectivity index (χ3n) is 5.04. The normalized spacial score (nSPS) is 14.8. The molecule has 0 atom stereocenters. The van der Waals surface area contributed by atoms with Crippen molar-refractivity contribution in [1.29, 1.82) is 0 Å². The maximum absolute atomic E-state index is 13.0. The molecule has 1 N–H and O–H groups in total. The van der Waals surface area contributed by atoms with Crippen LogP contribution in [0.2, 0.25) is 5.02 Å². The van der Waals surface area contributed by atoms with Crippen molar-refractivity contribution in [3.8, 4) is 17.4 Å². The van der Waals surface area contributed by atoms with E-state index in [9.17, 15) is 31.5 Å². The molecule has 2 heterocycles. The molecule has 16 heteroatoms. The molecule has 1 saturated heterocycles. The first-order valence-corrected chi connectivity index (χ1v) is 12.4. The van der Waals surface area contributed by atoms with Crippen molar-refractivity contribution in [2.75, 3.05) is 46.6 Å². The van der Waals surface area contributed by atoms with E-state index in [0.29, 0.717) is 12.3 Å². The highest BCUT2D eigenvalue weighted by molar-refractivity contribution is 7.87. The van der Waals surface area contributed by atoms with Gasteiger partial charge in [-0.2, -0.15) is 30.2 Å². The second-order valence-electron chi connectivity index (χ2n) is 7.53.